The zero-order chi connectivity index (χ0) is 18.0. The van der Waals surface area contributed by atoms with Gasteiger partial charge in [0, 0.05) is 12.6 Å². The average Bonchev–Trinajstić information content (AvgIpc) is 3.04. The molecule has 1 N–H and O–H groups in total. The van der Waals surface area contributed by atoms with E-state index in [1.165, 1.54) is 44.0 Å². The van der Waals surface area contributed by atoms with Crippen molar-refractivity contribution in [1.29, 1.82) is 0 Å². The van der Waals surface area contributed by atoms with Crippen LogP contribution in [0.15, 0.2) is 53.4 Å². The lowest BCUT2D eigenvalue weighted by Gasteiger charge is -2.16. The first kappa shape index (κ1) is 17.6. The van der Waals surface area contributed by atoms with E-state index in [-0.39, 0.29) is 16.8 Å². The Morgan fingerprint density at radius 3 is 2.52 bits per heavy atom. The molecular weight excluding hydrogens is 340 g/mol. The van der Waals surface area contributed by atoms with E-state index in [1.54, 1.807) is 0 Å². The fraction of sp³-hybridized carbons (Fsp3) is 0.278. The molecule has 2 aromatic rings. The first-order valence-electron chi connectivity index (χ1n) is 7.95. The van der Waals surface area contributed by atoms with Gasteiger partial charge in [-0.2, -0.15) is 0 Å². The molecule has 0 saturated heterocycles. The van der Waals surface area contributed by atoms with Crippen molar-refractivity contribution < 1.29 is 18.0 Å². The van der Waals surface area contributed by atoms with Crippen LogP contribution >= 0.6 is 0 Å². The van der Waals surface area contributed by atoms with Gasteiger partial charge >= 0.3 is 0 Å². The van der Waals surface area contributed by atoms with Crippen molar-refractivity contribution in [3.8, 4) is 0 Å². The summed E-state index contributed by atoms with van der Waals surface area (Å²) in [5, 5.41) is 3.02. The second kappa shape index (κ2) is 6.95. The highest BCUT2D eigenvalue weighted by molar-refractivity contribution is 7.89. The SMILES string of the molecule is CON(C)S(=O)(=O)c1ccc(C(=O)NC2CCc3ccccc32)cc1. The summed E-state index contributed by atoms with van der Waals surface area (Å²) < 4.78 is 25.1. The Kier molecular flexibility index (Phi) is 4.89. The van der Waals surface area contributed by atoms with E-state index < -0.39 is 10.0 Å². The molecule has 0 aliphatic heterocycles. The third-order valence-corrected chi connectivity index (χ3v) is 6.14. The summed E-state index contributed by atoms with van der Waals surface area (Å²) in [5.41, 5.74) is 2.83. The molecule has 0 spiro atoms. The molecule has 25 heavy (non-hydrogen) atoms. The number of hydrogen-bond acceptors (Lipinski definition) is 4. The van der Waals surface area contributed by atoms with Crippen LogP contribution in [0.25, 0.3) is 0 Å². The van der Waals surface area contributed by atoms with Crippen molar-refractivity contribution in [3.63, 3.8) is 0 Å². The lowest BCUT2D eigenvalue weighted by Crippen LogP contribution is -2.28. The van der Waals surface area contributed by atoms with Crippen LogP contribution < -0.4 is 5.32 Å². The fourth-order valence-corrected chi connectivity index (χ4v) is 3.95. The van der Waals surface area contributed by atoms with Gasteiger partial charge in [-0.15, -0.1) is 0 Å². The van der Waals surface area contributed by atoms with E-state index >= 15 is 0 Å². The number of hydroxylamine groups is 1. The van der Waals surface area contributed by atoms with Crippen LogP contribution in [0.4, 0.5) is 0 Å². The molecule has 1 amide bonds. The number of nitrogens with zero attached hydrogens (tertiary/aromatic N) is 1. The van der Waals surface area contributed by atoms with Crippen molar-refractivity contribution in [2.24, 2.45) is 0 Å². The third kappa shape index (κ3) is 3.44. The fourth-order valence-electron chi connectivity index (χ4n) is 2.97. The molecule has 0 heterocycles. The lowest BCUT2D eigenvalue weighted by molar-refractivity contribution is -0.0258. The standard InChI is InChI=1S/C18H20N2O4S/c1-20(24-2)25(22,23)15-10-7-14(8-11-15)18(21)19-17-12-9-13-5-3-4-6-16(13)17/h3-8,10-11,17H,9,12H2,1-2H3,(H,19,21). The van der Waals surface area contributed by atoms with Gasteiger partial charge in [0.05, 0.1) is 18.0 Å². The van der Waals surface area contributed by atoms with E-state index in [2.05, 4.69) is 11.4 Å². The quantitative estimate of drug-likeness (QED) is 0.830. The Hall–Kier alpha value is -2.22. The predicted molar refractivity (Wildman–Crippen MR) is 93.4 cm³/mol. The number of amides is 1. The van der Waals surface area contributed by atoms with E-state index in [9.17, 15) is 13.2 Å². The number of carbonyl (C=O) groups excluding carboxylic acids is 1. The van der Waals surface area contributed by atoms with Crippen LogP contribution in [-0.2, 0) is 21.3 Å². The number of rotatable bonds is 5. The minimum Gasteiger partial charge on any atom is -0.345 e. The summed E-state index contributed by atoms with van der Waals surface area (Å²) in [4.78, 5) is 17.3. The number of hydrogen-bond donors (Lipinski definition) is 1. The molecule has 0 aromatic heterocycles. The normalized spacial score (nSPS) is 16.7. The van der Waals surface area contributed by atoms with Crippen molar-refractivity contribution >= 4 is 15.9 Å². The first-order chi connectivity index (χ1) is 11.9. The van der Waals surface area contributed by atoms with E-state index in [0.717, 1.165) is 22.9 Å². The summed E-state index contributed by atoms with van der Waals surface area (Å²) in [6.07, 6.45) is 1.82. The topological polar surface area (TPSA) is 75.7 Å². The molecule has 0 radical (unpaired) electrons. The van der Waals surface area contributed by atoms with E-state index in [1.807, 2.05) is 18.2 Å². The smallest absolute Gasteiger partial charge is 0.264 e. The van der Waals surface area contributed by atoms with Crippen LogP contribution in [0, 0.1) is 0 Å². The Labute approximate surface area is 147 Å². The predicted octanol–water partition coefficient (Wildman–Crippen LogP) is 2.29. The van der Waals surface area contributed by atoms with Gasteiger partial charge in [-0.05, 0) is 48.2 Å². The number of sulfonamides is 1. The highest BCUT2D eigenvalue weighted by Gasteiger charge is 2.24. The van der Waals surface area contributed by atoms with Crippen LogP contribution in [0.2, 0.25) is 0 Å². The monoisotopic (exact) mass is 360 g/mol. The summed E-state index contributed by atoms with van der Waals surface area (Å²) in [6.45, 7) is 0. The van der Waals surface area contributed by atoms with Gasteiger partial charge in [0.15, 0.2) is 0 Å². The van der Waals surface area contributed by atoms with Gasteiger partial charge in [-0.25, -0.2) is 8.42 Å². The molecule has 0 bridgehead atoms. The zero-order valence-electron chi connectivity index (χ0n) is 14.1. The maximum atomic E-state index is 12.5. The summed E-state index contributed by atoms with van der Waals surface area (Å²) in [5.74, 6) is -0.217. The molecule has 0 fully saturated rings. The average molecular weight is 360 g/mol. The molecule has 1 atom stereocenters. The molecule has 132 valence electrons. The minimum absolute atomic E-state index is 0.00765. The van der Waals surface area contributed by atoms with E-state index in [0.29, 0.717) is 5.56 Å². The molecule has 2 aromatic carbocycles. The van der Waals surface area contributed by atoms with Gasteiger partial charge < -0.3 is 5.32 Å². The van der Waals surface area contributed by atoms with Gasteiger partial charge in [0.25, 0.3) is 15.9 Å². The highest BCUT2D eigenvalue weighted by Crippen LogP contribution is 2.30. The molecule has 6 nitrogen and oxygen atoms in total. The van der Waals surface area contributed by atoms with Gasteiger partial charge in [-0.1, -0.05) is 28.7 Å². The number of aryl methyl sites for hydroxylation is 1. The van der Waals surface area contributed by atoms with Crippen molar-refractivity contribution in [2.45, 2.75) is 23.8 Å². The molecule has 7 heteroatoms. The summed E-state index contributed by atoms with van der Waals surface area (Å²) >= 11 is 0. The van der Waals surface area contributed by atoms with Gasteiger partial charge in [0.2, 0.25) is 0 Å². The summed E-state index contributed by atoms with van der Waals surface area (Å²) in [6, 6.07) is 13.9. The number of fused-ring (bicyclic) bond motifs is 1. The third-order valence-electron chi connectivity index (χ3n) is 4.45. The highest BCUT2D eigenvalue weighted by atomic mass is 32.2. The lowest BCUT2D eigenvalue weighted by atomic mass is 10.1. The molecule has 1 unspecified atom stereocenters. The largest absolute Gasteiger partial charge is 0.345 e. The Bertz CT molecular complexity index is 878. The summed E-state index contributed by atoms with van der Waals surface area (Å²) in [7, 11) is -1.12. The maximum absolute atomic E-state index is 12.5. The minimum atomic E-state index is -3.71. The van der Waals surface area contributed by atoms with Crippen LogP contribution in [0.5, 0.6) is 0 Å². The zero-order valence-corrected chi connectivity index (χ0v) is 14.9. The Balaban J connectivity index is 1.74. The second-order valence-corrected chi connectivity index (χ2v) is 7.82. The number of carbonyl (C=O) groups is 1. The van der Waals surface area contributed by atoms with Crippen molar-refractivity contribution in [3.05, 3.63) is 65.2 Å². The second-order valence-electron chi connectivity index (χ2n) is 5.89. The number of nitrogens with one attached hydrogen (secondary N) is 1. The van der Waals surface area contributed by atoms with E-state index in [4.69, 9.17) is 4.84 Å². The first-order valence-corrected chi connectivity index (χ1v) is 9.39. The van der Waals surface area contributed by atoms with Gasteiger partial charge in [-0.3, -0.25) is 9.63 Å². The maximum Gasteiger partial charge on any atom is 0.264 e. The molecule has 1 aliphatic rings. The van der Waals surface area contributed by atoms with Crippen LogP contribution in [-0.4, -0.2) is 33.0 Å². The molecule has 3 rings (SSSR count). The Morgan fingerprint density at radius 2 is 1.84 bits per heavy atom. The number of benzene rings is 2. The van der Waals surface area contributed by atoms with Crippen molar-refractivity contribution in [2.75, 3.05) is 14.2 Å². The van der Waals surface area contributed by atoms with Crippen molar-refractivity contribution in [1.82, 2.24) is 9.79 Å². The molecule has 1 aliphatic carbocycles. The van der Waals surface area contributed by atoms with Crippen LogP contribution in [0.1, 0.15) is 33.9 Å². The van der Waals surface area contributed by atoms with Gasteiger partial charge in [0.1, 0.15) is 0 Å². The molecular formula is C18H20N2O4S. The van der Waals surface area contributed by atoms with Crippen LogP contribution in [0.3, 0.4) is 0 Å². The molecule has 0 saturated carbocycles. The Morgan fingerprint density at radius 1 is 1.16 bits per heavy atom.